The first-order chi connectivity index (χ1) is 10.9. The first-order valence-corrected chi connectivity index (χ1v) is 7.92. The molecule has 126 valence electrons. The molecule has 2 rings (SSSR count). The lowest BCUT2D eigenvalue weighted by molar-refractivity contribution is -0.138. The lowest BCUT2D eigenvalue weighted by Crippen LogP contribution is -2.49. The summed E-state index contributed by atoms with van der Waals surface area (Å²) in [4.78, 5) is 26.3. The van der Waals surface area contributed by atoms with Gasteiger partial charge in [-0.05, 0) is 25.2 Å². The van der Waals surface area contributed by atoms with Crippen LogP contribution in [0, 0.1) is 5.82 Å². The van der Waals surface area contributed by atoms with Crippen molar-refractivity contribution < 1.29 is 23.8 Å². The van der Waals surface area contributed by atoms with Gasteiger partial charge in [0.05, 0.1) is 24.8 Å². The summed E-state index contributed by atoms with van der Waals surface area (Å²) in [6.07, 6.45) is -0.296. The number of rotatable bonds is 5. The highest BCUT2D eigenvalue weighted by atomic mass is 79.9. The number of nitrogens with zero attached hydrogens (tertiary/aromatic N) is 2. The van der Waals surface area contributed by atoms with Crippen molar-refractivity contribution in [1.29, 1.82) is 0 Å². The Morgan fingerprint density at radius 1 is 1.52 bits per heavy atom. The Hall–Kier alpha value is -1.51. The van der Waals surface area contributed by atoms with Crippen LogP contribution in [0.5, 0.6) is 0 Å². The summed E-state index contributed by atoms with van der Waals surface area (Å²) in [6, 6.07) is 4.32. The third-order valence-corrected chi connectivity index (χ3v) is 4.00. The van der Waals surface area contributed by atoms with Gasteiger partial charge in [-0.15, -0.1) is 0 Å². The normalized spacial score (nSPS) is 18.3. The fraction of sp³-hybridized carbons (Fsp3) is 0.467. The number of carbonyl (C=O) groups excluding carboxylic acids is 1. The molecule has 1 aliphatic heterocycles. The lowest BCUT2D eigenvalue weighted by atomic mass is 10.1. The van der Waals surface area contributed by atoms with E-state index in [1.807, 2.05) is 0 Å². The van der Waals surface area contributed by atoms with Crippen molar-refractivity contribution in [3.05, 3.63) is 34.1 Å². The van der Waals surface area contributed by atoms with E-state index in [0.29, 0.717) is 30.7 Å². The fourth-order valence-electron chi connectivity index (χ4n) is 2.49. The first-order valence-electron chi connectivity index (χ1n) is 7.13. The standard InChI is InChI=1S/C15H18BrFN2O4/c1-18(9-14(20)21)7-11-8-19(4-5-23-11)15(22)12-3-2-10(16)6-13(12)17/h2-3,6,11H,4-5,7-9H2,1H3,(H,20,21)/t11-/m0/s1. The summed E-state index contributed by atoms with van der Waals surface area (Å²) in [5.74, 6) is -1.88. The van der Waals surface area contributed by atoms with Crippen LogP contribution in [0.15, 0.2) is 22.7 Å². The van der Waals surface area contributed by atoms with Gasteiger partial charge in [-0.2, -0.15) is 0 Å². The number of likely N-dealkylation sites (N-methyl/N-ethyl adjacent to an activating group) is 1. The molecule has 1 N–H and O–H groups in total. The number of morpholine rings is 1. The van der Waals surface area contributed by atoms with Crippen molar-refractivity contribution in [2.24, 2.45) is 0 Å². The van der Waals surface area contributed by atoms with Gasteiger partial charge in [0, 0.05) is 24.1 Å². The Labute approximate surface area is 141 Å². The van der Waals surface area contributed by atoms with E-state index in [4.69, 9.17) is 9.84 Å². The zero-order valence-electron chi connectivity index (χ0n) is 12.7. The van der Waals surface area contributed by atoms with Gasteiger partial charge < -0.3 is 14.7 Å². The first kappa shape index (κ1) is 17.8. The summed E-state index contributed by atoms with van der Waals surface area (Å²) in [6.45, 7) is 1.31. The van der Waals surface area contributed by atoms with E-state index >= 15 is 0 Å². The summed E-state index contributed by atoms with van der Waals surface area (Å²) in [7, 11) is 1.67. The molecule has 23 heavy (non-hydrogen) atoms. The Morgan fingerprint density at radius 2 is 2.26 bits per heavy atom. The minimum absolute atomic E-state index is 0.0211. The summed E-state index contributed by atoms with van der Waals surface area (Å²) in [5.41, 5.74) is 0.0211. The van der Waals surface area contributed by atoms with E-state index in [0.717, 1.165) is 0 Å². The maximum atomic E-state index is 13.9. The zero-order valence-corrected chi connectivity index (χ0v) is 14.3. The molecule has 1 atom stereocenters. The lowest BCUT2D eigenvalue weighted by Gasteiger charge is -2.34. The van der Waals surface area contributed by atoms with Crippen molar-refractivity contribution in [3.8, 4) is 0 Å². The maximum absolute atomic E-state index is 13.9. The number of aliphatic carboxylic acids is 1. The van der Waals surface area contributed by atoms with E-state index in [-0.39, 0.29) is 24.1 Å². The average molecular weight is 389 g/mol. The second kappa shape index (κ2) is 7.85. The van der Waals surface area contributed by atoms with Gasteiger partial charge in [0.15, 0.2) is 0 Å². The molecule has 8 heteroatoms. The number of carbonyl (C=O) groups is 2. The SMILES string of the molecule is CN(CC(=O)O)C[C@H]1CN(C(=O)c2ccc(Br)cc2F)CCO1. The number of halogens is 2. The van der Waals surface area contributed by atoms with Gasteiger partial charge in [-0.3, -0.25) is 14.5 Å². The minimum Gasteiger partial charge on any atom is -0.480 e. The third-order valence-electron chi connectivity index (χ3n) is 3.51. The summed E-state index contributed by atoms with van der Waals surface area (Å²) in [5, 5.41) is 8.76. The maximum Gasteiger partial charge on any atom is 0.317 e. The number of benzene rings is 1. The highest BCUT2D eigenvalue weighted by molar-refractivity contribution is 9.10. The Morgan fingerprint density at radius 3 is 2.91 bits per heavy atom. The summed E-state index contributed by atoms with van der Waals surface area (Å²) >= 11 is 3.16. The van der Waals surface area contributed by atoms with Gasteiger partial charge >= 0.3 is 5.97 Å². The molecule has 0 aliphatic carbocycles. The van der Waals surface area contributed by atoms with Crippen LogP contribution in [0.1, 0.15) is 10.4 Å². The Balaban J connectivity index is 2.00. The molecule has 1 aliphatic rings. The van der Waals surface area contributed by atoms with Crippen molar-refractivity contribution in [2.45, 2.75) is 6.10 Å². The predicted octanol–water partition coefficient (Wildman–Crippen LogP) is 1.45. The molecule has 1 fully saturated rings. The molecule has 1 saturated heterocycles. The molecule has 1 aromatic carbocycles. The van der Waals surface area contributed by atoms with E-state index in [9.17, 15) is 14.0 Å². The van der Waals surface area contributed by atoms with Gasteiger partial charge in [0.2, 0.25) is 0 Å². The van der Waals surface area contributed by atoms with Crippen LogP contribution in [-0.4, -0.2) is 72.7 Å². The van der Waals surface area contributed by atoms with Gasteiger partial charge in [-0.1, -0.05) is 15.9 Å². The molecule has 0 unspecified atom stereocenters. The monoisotopic (exact) mass is 388 g/mol. The van der Waals surface area contributed by atoms with E-state index < -0.39 is 11.8 Å². The van der Waals surface area contributed by atoms with E-state index in [1.54, 1.807) is 18.0 Å². The zero-order chi connectivity index (χ0) is 17.0. The second-order valence-electron chi connectivity index (χ2n) is 5.46. The molecule has 0 saturated carbocycles. The Kier molecular flexibility index (Phi) is 6.09. The van der Waals surface area contributed by atoms with Crippen molar-refractivity contribution in [1.82, 2.24) is 9.80 Å². The molecule has 0 radical (unpaired) electrons. The van der Waals surface area contributed by atoms with Gasteiger partial charge in [0.1, 0.15) is 5.82 Å². The highest BCUT2D eigenvalue weighted by Crippen LogP contribution is 2.18. The van der Waals surface area contributed by atoms with Crippen LogP contribution < -0.4 is 0 Å². The number of hydrogen-bond acceptors (Lipinski definition) is 4. The van der Waals surface area contributed by atoms with Crippen molar-refractivity contribution in [3.63, 3.8) is 0 Å². The van der Waals surface area contributed by atoms with Crippen LogP contribution in [-0.2, 0) is 9.53 Å². The smallest absolute Gasteiger partial charge is 0.317 e. The van der Waals surface area contributed by atoms with Gasteiger partial charge in [-0.25, -0.2) is 4.39 Å². The van der Waals surface area contributed by atoms with Crippen molar-refractivity contribution in [2.75, 3.05) is 39.8 Å². The topological polar surface area (TPSA) is 70.1 Å². The number of amides is 1. The third kappa shape index (κ3) is 4.98. The number of carboxylic acids is 1. The quantitative estimate of drug-likeness (QED) is 0.826. The largest absolute Gasteiger partial charge is 0.480 e. The predicted molar refractivity (Wildman–Crippen MR) is 84.9 cm³/mol. The molecule has 6 nitrogen and oxygen atoms in total. The average Bonchev–Trinajstić information content (AvgIpc) is 2.46. The van der Waals surface area contributed by atoms with Gasteiger partial charge in [0.25, 0.3) is 5.91 Å². The second-order valence-corrected chi connectivity index (χ2v) is 6.37. The molecule has 0 aromatic heterocycles. The molecular formula is C15H18BrFN2O4. The number of ether oxygens (including phenoxy) is 1. The van der Waals surface area contributed by atoms with Crippen LogP contribution in [0.25, 0.3) is 0 Å². The number of hydrogen-bond donors (Lipinski definition) is 1. The molecular weight excluding hydrogens is 371 g/mol. The molecule has 0 bridgehead atoms. The minimum atomic E-state index is -0.923. The molecule has 0 spiro atoms. The van der Waals surface area contributed by atoms with Crippen LogP contribution in [0.3, 0.4) is 0 Å². The molecule has 1 aromatic rings. The van der Waals surface area contributed by atoms with E-state index in [2.05, 4.69) is 15.9 Å². The molecule has 1 amide bonds. The van der Waals surface area contributed by atoms with Crippen LogP contribution >= 0.6 is 15.9 Å². The number of carboxylic acid groups (broad SMARTS) is 1. The van der Waals surface area contributed by atoms with Crippen LogP contribution in [0.4, 0.5) is 4.39 Å². The summed E-state index contributed by atoms with van der Waals surface area (Å²) < 4.78 is 20.1. The van der Waals surface area contributed by atoms with E-state index in [1.165, 1.54) is 17.0 Å². The van der Waals surface area contributed by atoms with Crippen LogP contribution in [0.2, 0.25) is 0 Å². The van der Waals surface area contributed by atoms with Crippen molar-refractivity contribution >= 4 is 27.8 Å². The molecule has 1 heterocycles. The Bertz CT molecular complexity index is 599. The fourth-order valence-corrected chi connectivity index (χ4v) is 2.82. The highest BCUT2D eigenvalue weighted by Gasteiger charge is 2.27.